The molecule has 3 atom stereocenters. The third-order valence-corrected chi connectivity index (χ3v) is 17.7. The molecule has 0 radical (unpaired) electrons. The number of nitro groups is 2. The summed E-state index contributed by atoms with van der Waals surface area (Å²) in [5, 5.41) is 53.6. The zero-order valence-corrected chi connectivity index (χ0v) is 51.4. The maximum Gasteiger partial charge on any atom is 0.270 e. The molecule has 0 aliphatic carbocycles. The third-order valence-electron chi connectivity index (χ3n) is 17.1. The first kappa shape index (κ1) is 62.7. The number of phenolic OH excluding ortho intramolecular Hbond substituents is 2. The van der Waals surface area contributed by atoms with E-state index in [1.54, 1.807) is 42.5 Å². The van der Waals surface area contributed by atoms with Crippen molar-refractivity contribution < 1.29 is 58.5 Å². The van der Waals surface area contributed by atoms with E-state index in [1.807, 2.05) is 75.4 Å². The predicted molar refractivity (Wildman–Crippen MR) is 345 cm³/mol. The van der Waals surface area contributed by atoms with Crippen molar-refractivity contribution in [2.24, 2.45) is 0 Å². The first-order valence-corrected chi connectivity index (χ1v) is 30.5. The van der Waals surface area contributed by atoms with E-state index in [2.05, 4.69) is 23.5 Å². The number of ether oxygens (including phenoxy) is 4. The molecular formula is C69H64Cl2N6O14. The van der Waals surface area contributed by atoms with E-state index in [-0.39, 0.29) is 83.7 Å². The number of carbonyl (C=O) groups is 3. The molecule has 0 unspecified atom stereocenters. The molecule has 0 saturated heterocycles. The Morgan fingerprint density at radius 1 is 0.505 bits per heavy atom. The number of hydrogen-bond acceptors (Lipinski definition) is 15. The first-order chi connectivity index (χ1) is 44.0. The number of phenols is 2. The van der Waals surface area contributed by atoms with E-state index in [1.165, 1.54) is 62.3 Å². The summed E-state index contributed by atoms with van der Waals surface area (Å²) in [7, 11) is 4.50. The summed E-state index contributed by atoms with van der Waals surface area (Å²) in [4.78, 5) is 66.0. The van der Waals surface area contributed by atoms with Gasteiger partial charge in [-0.1, -0.05) is 66.7 Å². The number of benzene rings is 8. The molecule has 3 amide bonds. The summed E-state index contributed by atoms with van der Waals surface area (Å²) in [6.07, 6.45) is 5.87. The van der Waals surface area contributed by atoms with Gasteiger partial charge in [-0.15, -0.1) is 23.2 Å². The highest BCUT2D eigenvalue weighted by Crippen LogP contribution is 2.44. The Kier molecular flexibility index (Phi) is 18.6. The van der Waals surface area contributed by atoms with Crippen molar-refractivity contribution in [1.29, 1.82) is 0 Å². The number of fused-ring (bicyclic) bond motifs is 12. The number of alkyl halides is 2. The lowest BCUT2D eigenvalue weighted by Gasteiger charge is -2.23. The Bertz CT molecular complexity index is 4010. The predicted octanol–water partition coefficient (Wildman–Crippen LogP) is 12.6. The molecular weight excluding hydrogens is 1210 g/mol. The van der Waals surface area contributed by atoms with Gasteiger partial charge in [0.25, 0.3) is 29.1 Å². The van der Waals surface area contributed by atoms with E-state index >= 15 is 0 Å². The molecule has 0 saturated carbocycles. The number of nitrogens with zero attached hydrogens (tertiary/aromatic N) is 5. The van der Waals surface area contributed by atoms with Crippen molar-refractivity contribution in [3.8, 4) is 34.5 Å². The maximum atomic E-state index is 13.6. The van der Waals surface area contributed by atoms with Gasteiger partial charge in [0.15, 0.2) is 34.5 Å². The molecule has 22 heteroatoms. The van der Waals surface area contributed by atoms with Gasteiger partial charge in [-0.2, -0.15) is 0 Å². The normalized spacial score (nSPS) is 16.7. The Hall–Kier alpha value is -9.89. The number of amides is 3. The number of carbonyl (C=O) groups excluding carboxylic acids is 3. The standard InChI is InChI=1S/C26H23ClN2O5.C18H17NO3.C17H16N2O3.C8H8ClNO3/c1-33-24-13-22-18(6-7-20-11-19-4-2-3-5-23(19)28(20)26(22)30)12-25(24)34-15-17-8-16(14-27)9-21(10-17)29(31)32;1-22-17-10-14-11(9-16(17)20)6-7-13-8-12-4-2-3-5-15(12)19(13)18(14)21;1-22-16-7-12-13(8-15(16)20)18-9-11-6-10-4-2-3-5-14(10)19(11)17(12)21;9-4-6-1-7(5-11)3-8(2-6)10(12)13/h2-5,8-10,12-13,20H,6-7,11,14-15H2,1H3;2-5,9-10,13,20H,6-8H2,1H3;2-5,7-8,11,18,20H,6,9H2,1H3;1-3,11H,4-5H2/t20-;13-;11-;/m110./s1. The fraction of sp³-hybridized carbons (Fsp3) is 0.261. The number of aromatic hydroxyl groups is 2. The zero-order chi connectivity index (χ0) is 64.2. The van der Waals surface area contributed by atoms with E-state index in [9.17, 15) is 44.8 Å². The molecule has 4 N–H and O–H groups in total. The molecule has 6 aliphatic heterocycles. The van der Waals surface area contributed by atoms with Crippen molar-refractivity contribution in [3.05, 3.63) is 233 Å². The number of anilines is 4. The Morgan fingerprint density at radius 2 is 0.923 bits per heavy atom. The number of para-hydroxylation sites is 3. The summed E-state index contributed by atoms with van der Waals surface area (Å²) in [5.74, 6) is 2.00. The van der Waals surface area contributed by atoms with Crippen LogP contribution in [0.2, 0.25) is 0 Å². The van der Waals surface area contributed by atoms with Gasteiger partial charge in [0, 0.05) is 88.9 Å². The minimum absolute atomic E-state index is 0.000694. The molecule has 6 heterocycles. The highest BCUT2D eigenvalue weighted by Gasteiger charge is 2.40. The number of non-ortho nitro benzene ring substituents is 2. The van der Waals surface area contributed by atoms with Crippen LogP contribution in [0.5, 0.6) is 34.5 Å². The van der Waals surface area contributed by atoms with Crippen LogP contribution in [0.25, 0.3) is 0 Å². The number of nitro benzene ring substituents is 2. The second kappa shape index (κ2) is 27.1. The lowest BCUT2D eigenvalue weighted by Crippen LogP contribution is -2.39. The molecule has 8 aromatic rings. The molecule has 6 aliphatic rings. The average Bonchev–Trinajstić information content (AvgIpc) is 1.69. The van der Waals surface area contributed by atoms with E-state index < -0.39 is 9.85 Å². The molecule has 20 nitrogen and oxygen atoms in total. The second-order valence-electron chi connectivity index (χ2n) is 22.6. The van der Waals surface area contributed by atoms with Crippen molar-refractivity contribution in [1.82, 2.24) is 0 Å². The van der Waals surface area contributed by atoms with Crippen LogP contribution in [0.3, 0.4) is 0 Å². The topological polar surface area (TPSA) is 257 Å². The van der Waals surface area contributed by atoms with Gasteiger partial charge in [-0.05, 0) is 144 Å². The van der Waals surface area contributed by atoms with Crippen LogP contribution in [0.15, 0.2) is 146 Å². The van der Waals surface area contributed by atoms with Gasteiger partial charge < -0.3 is 54.3 Å². The van der Waals surface area contributed by atoms with Crippen molar-refractivity contribution in [2.75, 3.05) is 47.9 Å². The largest absolute Gasteiger partial charge is 0.504 e. The minimum Gasteiger partial charge on any atom is -0.504 e. The number of hydrogen-bond donors (Lipinski definition) is 4. The summed E-state index contributed by atoms with van der Waals surface area (Å²) < 4.78 is 21.9. The quantitative estimate of drug-likeness (QED) is 0.0533. The van der Waals surface area contributed by atoms with E-state index in [4.69, 9.17) is 47.3 Å². The molecule has 0 aromatic heterocycles. The van der Waals surface area contributed by atoms with Gasteiger partial charge in [0.05, 0.1) is 55.1 Å². The van der Waals surface area contributed by atoms with Crippen LogP contribution >= 0.6 is 23.2 Å². The fourth-order valence-electron chi connectivity index (χ4n) is 12.8. The van der Waals surface area contributed by atoms with Crippen LogP contribution in [-0.4, -0.2) is 88.9 Å². The fourth-order valence-corrected chi connectivity index (χ4v) is 13.1. The average molecular weight is 1270 g/mol. The summed E-state index contributed by atoms with van der Waals surface area (Å²) in [6.45, 7) is 0.543. The molecule has 91 heavy (non-hydrogen) atoms. The van der Waals surface area contributed by atoms with Crippen LogP contribution in [0, 0.1) is 20.2 Å². The molecule has 14 rings (SSSR count). The van der Waals surface area contributed by atoms with Crippen molar-refractivity contribution in [2.45, 2.75) is 88.0 Å². The molecule has 0 spiro atoms. The summed E-state index contributed by atoms with van der Waals surface area (Å²) >= 11 is 11.4. The Labute approximate surface area is 534 Å². The lowest BCUT2D eigenvalue weighted by molar-refractivity contribution is -0.385. The Balaban J connectivity index is 0.000000131. The third kappa shape index (κ3) is 12.8. The number of methoxy groups -OCH3 is 3. The van der Waals surface area contributed by atoms with Gasteiger partial charge in [-0.25, -0.2) is 0 Å². The number of nitrogens with one attached hydrogen (secondary N) is 1. The van der Waals surface area contributed by atoms with Gasteiger partial charge in [0.1, 0.15) is 6.61 Å². The van der Waals surface area contributed by atoms with Gasteiger partial charge >= 0.3 is 0 Å². The number of aryl methyl sites for hydroxylation is 2. The SMILES string of the molecule is COc1cc2c(cc1O)CC[C@@H]1Cc3ccccc3N1C2=O.COc1cc2c(cc1O)NC[C@@H]1Cc3ccccc3N1C2=O.COc1cc2c(cc1OCc1cc(CCl)cc([N+](=O)[O-])c1)CC[C@@H]1Cc3ccccc3N1C2=O.O=[N+]([O-])c1cc(CO)cc(CCl)c1. The number of rotatable bonds is 11. The number of aliphatic hydroxyl groups is 1. The minimum atomic E-state index is -0.505. The highest BCUT2D eigenvalue weighted by molar-refractivity contribution is 6.17. The summed E-state index contributed by atoms with van der Waals surface area (Å²) in [6, 6.07) is 43.7. The van der Waals surface area contributed by atoms with Crippen LogP contribution in [0.1, 0.15) is 94.0 Å². The highest BCUT2D eigenvalue weighted by atomic mass is 35.5. The maximum absolute atomic E-state index is 13.6. The first-order valence-electron chi connectivity index (χ1n) is 29.4. The smallest absolute Gasteiger partial charge is 0.270 e. The van der Waals surface area contributed by atoms with Gasteiger partial charge in [-0.3, -0.25) is 34.6 Å². The number of halogens is 2. The number of aliphatic hydroxyl groups excluding tert-OH is 1. The molecule has 0 bridgehead atoms. The van der Waals surface area contributed by atoms with Crippen molar-refractivity contribution >= 4 is 75.0 Å². The van der Waals surface area contributed by atoms with Crippen LogP contribution in [0.4, 0.5) is 34.1 Å². The summed E-state index contributed by atoms with van der Waals surface area (Å²) in [5.41, 5.74) is 13.2. The van der Waals surface area contributed by atoms with Crippen LogP contribution in [-0.2, 0) is 57.1 Å². The second-order valence-corrected chi connectivity index (χ2v) is 23.1. The monoisotopic (exact) mass is 1270 g/mol. The molecule has 468 valence electrons. The Morgan fingerprint density at radius 3 is 1.42 bits per heavy atom. The molecule has 0 fully saturated rings. The lowest BCUT2D eigenvalue weighted by atomic mass is 9.99. The zero-order valence-electron chi connectivity index (χ0n) is 49.9. The van der Waals surface area contributed by atoms with Gasteiger partial charge in [0.2, 0.25) is 0 Å². The van der Waals surface area contributed by atoms with E-state index in [0.29, 0.717) is 74.2 Å². The van der Waals surface area contributed by atoms with Crippen molar-refractivity contribution in [3.63, 3.8) is 0 Å². The molecule has 8 aromatic carbocycles. The van der Waals surface area contributed by atoms with E-state index in [0.717, 1.165) is 73.1 Å². The van der Waals surface area contributed by atoms with Crippen LogP contribution < -0.4 is 39.0 Å².